The molecule has 6 N–H and O–H groups in total. The number of aliphatic hydroxyl groups is 4. The van der Waals surface area contributed by atoms with Gasteiger partial charge in [0.1, 0.15) is 0 Å². The molecule has 0 aromatic heterocycles. The minimum Gasteiger partial charge on any atom is -0.478 e. The van der Waals surface area contributed by atoms with E-state index in [0.29, 0.717) is 24.7 Å². The van der Waals surface area contributed by atoms with Crippen LogP contribution in [0, 0.1) is 11.8 Å². The number of aromatic carboxylic acids is 2. The lowest BCUT2D eigenvalue weighted by atomic mass is 10.0. The van der Waals surface area contributed by atoms with Crippen LogP contribution in [0.3, 0.4) is 0 Å². The average Bonchev–Trinajstić information content (AvgIpc) is 2.70. The topological polar surface area (TPSA) is 156 Å². The van der Waals surface area contributed by atoms with Crippen LogP contribution in [-0.2, 0) is 0 Å². The molecule has 8 nitrogen and oxygen atoms in total. The number of aliphatic hydroxyl groups excluding tert-OH is 2. The largest absolute Gasteiger partial charge is 0.478 e. The Kier molecular flexibility index (Phi) is 17.9. The van der Waals surface area contributed by atoms with Gasteiger partial charge in [0.05, 0.1) is 11.1 Å². The molecule has 0 bridgehead atoms. The molecule has 0 radical (unpaired) electrons. The van der Waals surface area contributed by atoms with Crippen molar-refractivity contribution in [3.8, 4) is 0 Å². The second-order valence-corrected chi connectivity index (χ2v) is 7.33. The van der Waals surface area contributed by atoms with Crippen molar-refractivity contribution in [2.24, 2.45) is 11.8 Å². The number of carboxylic acid groups (broad SMARTS) is 2. The highest BCUT2D eigenvalue weighted by Gasteiger charge is 2.06. The Hall–Kier alpha value is -2.00. The maximum atomic E-state index is 10.4. The second kappa shape index (κ2) is 17.8. The van der Waals surface area contributed by atoms with E-state index in [1.807, 2.05) is 0 Å². The summed E-state index contributed by atoms with van der Waals surface area (Å²) in [7, 11) is 0. The zero-order chi connectivity index (χ0) is 23.7. The summed E-state index contributed by atoms with van der Waals surface area (Å²) >= 11 is 0. The molecule has 0 saturated heterocycles. The van der Waals surface area contributed by atoms with E-state index in [-0.39, 0.29) is 11.1 Å². The number of carboxylic acids is 2. The molecule has 30 heavy (non-hydrogen) atoms. The van der Waals surface area contributed by atoms with Gasteiger partial charge >= 0.3 is 11.9 Å². The summed E-state index contributed by atoms with van der Waals surface area (Å²) in [6, 6.07) is 5.20. The van der Waals surface area contributed by atoms with Crippen LogP contribution in [0.4, 0.5) is 0 Å². The van der Waals surface area contributed by atoms with E-state index in [0.717, 1.165) is 31.7 Å². The van der Waals surface area contributed by atoms with E-state index in [1.165, 1.54) is 18.2 Å². The normalized spacial score (nSPS) is 12.3. The molecule has 8 heteroatoms. The molecule has 0 saturated carbocycles. The standard InChI is InChI=1S/C8H6O4.2C7H16O2/c9-7(10)5-2-1-3-6(4-5)8(11)12;2*1-3-6(2)4-5-7(8)9/h1-4H,(H,9,10)(H,11,12);2*6-9H,3-5H2,1-2H3. The lowest BCUT2D eigenvalue weighted by Crippen LogP contribution is -2.06. The van der Waals surface area contributed by atoms with Gasteiger partial charge in [-0.25, -0.2) is 9.59 Å². The van der Waals surface area contributed by atoms with Crippen molar-refractivity contribution < 1.29 is 40.2 Å². The monoisotopic (exact) mass is 430 g/mol. The summed E-state index contributed by atoms with van der Waals surface area (Å²) in [5, 5.41) is 50.8. The maximum absolute atomic E-state index is 10.4. The fourth-order valence-corrected chi connectivity index (χ4v) is 2.06. The van der Waals surface area contributed by atoms with Crippen molar-refractivity contribution in [1.82, 2.24) is 0 Å². The molecule has 0 spiro atoms. The lowest BCUT2D eigenvalue weighted by molar-refractivity contribution is -0.0492. The van der Waals surface area contributed by atoms with Gasteiger partial charge in [-0.15, -0.1) is 0 Å². The zero-order valence-electron chi connectivity index (χ0n) is 18.4. The van der Waals surface area contributed by atoms with Crippen molar-refractivity contribution in [2.75, 3.05) is 0 Å². The van der Waals surface area contributed by atoms with E-state index in [1.54, 1.807) is 0 Å². The number of benzene rings is 1. The van der Waals surface area contributed by atoms with Crippen LogP contribution in [0.25, 0.3) is 0 Å². The maximum Gasteiger partial charge on any atom is 0.335 e. The molecule has 1 aromatic rings. The Balaban J connectivity index is 0. The molecular formula is C22H38O8. The first-order valence-corrected chi connectivity index (χ1v) is 10.2. The summed E-state index contributed by atoms with van der Waals surface area (Å²) < 4.78 is 0. The third-order valence-corrected chi connectivity index (χ3v) is 4.59. The third kappa shape index (κ3) is 18.1. The van der Waals surface area contributed by atoms with Crippen LogP contribution in [0.5, 0.6) is 0 Å². The minimum absolute atomic E-state index is 0.0186. The molecule has 0 amide bonds. The van der Waals surface area contributed by atoms with Crippen LogP contribution in [0.2, 0.25) is 0 Å². The Bertz CT molecular complexity index is 539. The van der Waals surface area contributed by atoms with E-state index >= 15 is 0 Å². The van der Waals surface area contributed by atoms with Crippen molar-refractivity contribution in [3.63, 3.8) is 0 Å². The second-order valence-electron chi connectivity index (χ2n) is 7.33. The molecule has 0 heterocycles. The average molecular weight is 431 g/mol. The predicted octanol–water partition coefficient (Wildman–Crippen LogP) is 3.33. The van der Waals surface area contributed by atoms with Gasteiger partial charge < -0.3 is 30.6 Å². The van der Waals surface area contributed by atoms with Crippen molar-refractivity contribution in [1.29, 1.82) is 0 Å². The van der Waals surface area contributed by atoms with Crippen LogP contribution in [0.1, 0.15) is 86.9 Å². The Morgan fingerprint density at radius 3 is 1.30 bits per heavy atom. The third-order valence-electron chi connectivity index (χ3n) is 4.59. The van der Waals surface area contributed by atoms with Crippen LogP contribution >= 0.6 is 0 Å². The van der Waals surface area contributed by atoms with Gasteiger partial charge in [0.25, 0.3) is 0 Å². The number of hydrogen-bond acceptors (Lipinski definition) is 6. The highest BCUT2D eigenvalue weighted by atomic mass is 16.5. The molecule has 1 rings (SSSR count). The highest BCUT2D eigenvalue weighted by Crippen LogP contribution is 2.10. The Labute approximate surface area is 178 Å². The molecule has 0 aliphatic heterocycles. The Morgan fingerprint density at radius 2 is 1.07 bits per heavy atom. The number of carbonyl (C=O) groups is 2. The van der Waals surface area contributed by atoms with Crippen molar-refractivity contribution in [3.05, 3.63) is 35.4 Å². The first-order chi connectivity index (χ1) is 13.9. The molecule has 0 aliphatic carbocycles. The van der Waals surface area contributed by atoms with Gasteiger partial charge in [0.15, 0.2) is 12.6 Å². The van der Waals surface area contributed by atoms with E-state index in [9.17, 15) is 9.59 Å². The summed E-state index contributed by atoms with van der Waals surface area (Å²) in [6.45, 7) is 8.44. The molecule has 0 fully saturated rings. The van der Waals surface area contributed by atoms with Gasteiger partial charge in [0, 0.05) is 0 Å². The molecule has 2 atom stereocenters. The van der Waals surface area contributed by atoms with Crippen LogP contribution in [-0.4, -0.2) is 55.2 Å². The number of rotatable bonds is 10. The predicted molar refractivity (Wildman–Crippen MR) is 114 cm³/mol. The molecule has 174 valence electrons. The van der Waals surface area contributed by atoms with Crippen molar-refractivity contribution in [2.45, 2.75) is 78.8 Å². The fourth-order valence-electron chi connectivity index (χ4n) is 2.06. The molecule has 2 unspecified atom stereocenters. The van der Waals surface area contributed by atoms with Gasteiger partial charge in [-0.05, 0) is 55.7 Å². The fraction of sp³-hybridized carbons (Fsp3) is 0.636. The first-order valence-electron chi connectivity index (χ1n) is 10.2. The van der Waals surface area contributed by atoms with E-state index in [2.05, 4.69) is 27.7 Å². The molecule has 1 aromatic carbocycles. The van der Waals surface area contributed by atoms with Gasteiger partial charge in [0.2, 0.25) is 0 Å². The Morgan fingerprint density at radius 1 is 0.733 bits per heavy atom. The van der Waals surface area contributed by atoms with Crippen LogP contribution < -0.4 is 0 Å². The minimum atomic E-state index is -1.13. The quantitative estimate of drug-likeness (QED) is 0.309. The molecular weight excluding hydrogens is 392 g/mol. The van der Waals surface area contributed by atoms with E-state index in [4.69, 9.17) is 30.6 Å². The zero-order valence-corrected chi connectivity index (χ0v) is 18.4. The SMILES string of the molecule is CCC(C)CCC(O)O.CCC(C)CCC(O)O.O=C(O)c1cccc(C(=O)O)c1. The van der Waals surface area contributed by atoms with Crippen LogP contribution in [0.15, 0.2) is 24.3 Å². The first kappa shape index (κ1) is 30.2. The van der Waals surface area contributed by atoms with Gasteiger partial charge in [-0.1, -0.05) is 46.6 Å². The lowest BCUT2D eigenvalue weighted by Gasteiger charge is -2.07. The summed E-state index contributed by atoms with van der Waals surface area (Å²) in [6.07, 6.45) is 2.85. The smallest absolute Gasteiger partial charge is 0.335 e. The summed E-state index contributed by atoms with van der Waals surface area (Å²) in [5.41, 5.74) is -0.0372. The summed E-state index contributed by atoms with van der Waals surface area (Å²) in [4.78, 5) is 20.8. The van der Waals surface area contributed by atoms with Gasteiger partial charge in [-0.2, -0.15) is 0 Å². The van der Waals surface area contributed by atoms with E-state index < -0.39 is 24.5 Å². The van der Waals surface area contributed by atoms with Crippen molar-refractivity contribution >= 4 is 11.9 Å². The molecule has 0 aliphatic rings. The number of hydrogen-bond donors (Lipinski definition) is 6. The highest BCUT2D eigenvalue weighted by molar-refractivity contribution is 5.93. The van der Waals surface area contributed by atoms with Gasteiger partial charge in [-0.3, -0.25) is 0 Å². The summed E-state index contributed by atoms with van der Waals surface area (Å²) in [5.74, 6) is -1.02.